The molecule has 1 aromatic carbocycles. The van der Waals surface area contributed by atoms with Gasteiger partial charge in [-0.05, 0) is 25.0 Å². The summed E-state index contributed by atoms with van der Waals surface area (Å²) in [7, 11) is 0. The number of fused-ring (bicyclic) bond motifs is 3. The lowest BCUT2D eigenvalue weighted by Crippen LogP contribution is -2.35. The van der Waals surface area contributed by atoms with Crippen molar-refractivity contribution in [3.05, 3.63) is 53.3 Å². The van der Waals surface area contributed by atoms with Gasteiger partial charge in [0.25, 0.3) is 5.56 Å². The molecular formula is C22H22N6O4. The summed E-state index contributed by atoms with van der Waals surface area (Å²) in [5.74, 6) is -0.519. The highest BCUT2D eigenvalue weighted by Crippen LogP contribution is 2.24. The zero-order chi connectivity index (χ0) is 22.1. The molecule has 3 aromatic heterocycles. The van der Waals surface area contributed by atoms with Crippen molar-refractivity contribution in [3.63, 3.8) is 0 Å². The van der Waals surface area contributed by atoms with E-state index < -0.39 is 11.5 Å². The van der Waals surface area contributed by atoms with Gasteiger partial charge in [0.05, 0.1) is 18.2 Å². The molecule has 4 aromatic rings. The van der Waals surface area contributed by atoms with Crippen LogP contribution in [0.3, 0.4) is 0 Å². The highest BCUT2D eigenvalue weighted by Gasteiger charge is 2.18. The van der Waals surface area contributed by atoms with Gasteiger partial charge in [-0.15, -0.1) is 0 Å². The van der Waals surface area contributed by atoms with Crippen LogP contribution in [0.2, 0.25) is 0 Å². The molecule has 0 aliphatic heterocycles. The number of carbonyl (C=O) groups excluding carboxylic acids is 2. The van der Waals surface area contributed by atoms with E-state index in [0.717, 1.165) is 31.1 Å². The lowest BCUT2D eigenvalue weighted by molar-refractivity contribution is -0.122. The Balaban J connectivity index is 1.23. The van der Waals surface area contributed by atoms with Crippen LogP contribution in [0.4, 0.5) is 5.69 Å². The van der Waals surface area contributed by atoms with Crippen molar-refractivity contribution < 1.29 is 14.0 Å². The number of amides is 2. The molecule has 0 radical (unpaired) electrons. The first kappa shape index (κ1) is 20.0. The maximum Gasteiger partial charge on any atom is 0.297 e. The van der Waals surface area contributed by atoms with Crippen LogP contribution >= 0.6 is 0 Å². The average molecular weight is 434 g/mol. The Morgan fingerprint density at radius 2 is 1.94 bits per heavy atom. The van der Waals surface area contributed by atoms with Crippen molar-refractivity contribution >= 4 is 39.6 Å². The van der Waals surface area contributed by atoms with E-state index in [0.29, 0.717) is 16.8 Å². The Morgan fingerprint density at radius 3 is 2.78 bits per heavy atom. The molecule has 2 N–H and O–H groups in total. The number of anilines is 1. The minimum absolute atomic E-state index is 0.0818. The van der Waals surface area contributed by atoms with Gasteiger partial charge >= 0.3 is 0 Å². The molecule has 0 bridgehead atoms. The van der Waals surface area contributed by atoms with E-state index in [2.05, 4.69) is 20.7 Å². The summed E-state index contributed by atoms with van der Waals surface area (Å²) in [5.41, 5.74) is 1.16. The largest absolute Gasteiger partial charge is 0.448 e. The second-order valence-electron chi connectivity index (χ2n) is 7.98. The van der Waals surface area contributed by atoms with Crippen molar-refractivity contribution in [1.29, 1.82) is 0 Å². The van der Waals surface area contributed by atoms with Crippen molar-refractivity contribution in [2.45, 2.75) is 44.8 Å². The number of hydrogen-bond acceptors (Lipinski definition) is 6. The molecule has 0 unspecified atom stereocenters. The normalized spacial score (nSPS) is 14.2. The van der Waals surface area contributed by atoms with Crippen LogP contribution in [0.25, 0.3) is 22.1 Å². The van der Waals surface area contributed by atoms with Gasteiger partial charge in [-0.3, -0.25) is 23.6 Å². The van der Waals surface area contributed by atoms with Crippen LogP contribution in [-0.2, 0) is 22.7 Å². The Bertz CT molecular complexity index is 1360. The Kier molecular flexibility index (Phi) is 5.18. The third-order valence-electron chi connectivity index (χ3n) is 5.61. The SMILES string of the molecule is O=C(Cn1cnc2c(oc3ccccc32)c1=O)Nc1cnn(CC(=O)NC2CCCC2)c1. The standard InChI is InChI=1S/C22H22N6O4/c29-18(26-15-9-24-28(10-15)12-19(30)25-14-5-1-2-6-14)11-27-13-23-20-16-7-3-4-8-17(16)32-21(20)22(27)31/h3-4,7-10,13-14H,1-2,5-6,11-12H2,(H,25,30)(H,26,29). The predicted molar refractivity (Wildman–Crippen MR) is 117 cm³/mol. The van der Waals surface area contributed by atoms with Gasteiger partial charge in [0.1, 0.15) is 24.2 Å². The Morgan fingerprint density at radius 1 is 1.12 bits per heavy atom. The van der Waals surface area contributed by atoms with Gasteiger partial charge in [-0.2, -0.15) is 5.10 Å². The molecule has 0 spiro atoms. The van der Waals surface area contributed by atoms with Gasteiger partial charge in [0, 0.05) is 17.6 Å². The molecule has 10 heteroatoms. The smallest absolute Gasteiger partial charge is 0.297 e. The molecular weight excluding hydrogens is 412 g/mol. The van der Waals surface area contributed by atoms with Gasteiger partial charge in [-0.1, -0.05) is 25.0 Å². The third-order valence-corrected chi connectivity index (χ3v) is 5.61. The number of hydrogen-bond donors (Lipinski definition) is 2. The minimum Gasteiger partial charge on any atom is -0.448 e. The van der Waals surface area contributed by atoms with Crippen LogP contribution in [0.5, 0.6) is 0 Å². The Labute approximate surface area is 182 Å². The monoisotopic (exact) mass is 434 g/mol. The summed E-state index contributed by atoms with van der Waals surface area (Å²) in [6.07, 6.45) is 8.69. The highest BCUT2D eigenvalue weighted by atomic mass is 16.3. The molecule has 5 rings (SSSR count). The summed E-state index contributed by atoms with van der Waals surface area (Å²) < 4.78 is 8.29. The minimum atomic E-state index is -0.430. The van der Waals surface area contributed by atoms with Gasteiger partial charge in [0.2, 0.25) is 17.4 Å². The van der Waals surface area contributed by atoms with Crippen LogP contribution in [0.15, 0.2) is 52.2 Å². The average Bonchev–Trinajstić information content (AvgIpc) is 3.51. The van der Waals surface area contributed by atoms with Gasteiger partial charge < -0.3 is 15.1 Å². The molecule has 164 valence electrons. The second-order valence-corrected chi connectivity index (χ2v) is 7.98. The van der Waals surface area contributed by atoms with Gasteiger partial charge in [-0.25, -0.2) is 4.98 Å². The fraction of sp³-hybridized carbons (Fsp3) is 0.318. The number of para-hydroxylation sites is 1. The number of aromatic nitrogens is 4. The quantitative estimate of drug-likeness (QED) is 0.479. The molecule has 10 nitrogen and oxygen atoms in total. The number of benzene rings is 1. The van der Waals surface area contributed by atoms with E-state index in [1.54, 1.807) is 12.3 Å². The molecule has 1 fully saturated rings. The lowest BCUT2D eigenvalue weighted by atomic mass is 10.2. The summed E-state index contributed by atoms with van der Waals surface area (Å²) in [6, 6.07) is 7.49. The molecule has 2 amide bonds. The van der Waals surface area contributed by atoms with E-state index in [4.69, 9.17) is 4.42 Å². The van der Waals surface area contributed by atoms with E-state index in [1.807, 2.05) is 18.2 Å². The van der Waals surface area contributed by atoms with Crippen LogP contribution in [0, 0.1) is 0 Å². The fourth-order valence-corrected chi connectivity index (χ4v) is 4.09. The summed E-state index contributed by atoms with van der Waals surface area (Å²) >= 11 is 0. The molecule has 0 atom stereocenters. The van der Waals surface area contributed by atoms with Gasteiger partial charge in [0.15, 0.2) is 0 Å². The molecule has 1 saturated carbocycles. The third kappa shape index (κ3) is 3.98. The summed E-state index contributed by atoms with van der Waals surface area (Å²) in [6.45, 7) is -0.148. The fourth-order valence-electron chi connectivity index (χ4n) is 4.09. The van der Waals surface area contributed by atoms with E-state index in [-0.39, 0.29) is 30.6 Å². The van der Waals surface area contributed by atoms with Crippen molar-refractivity contribution in [1.82, 2.24) is 24.6 Å². The molecule has 32 heavy (non-hydrogen) atoms. The van der Waals surface area contributed by atoms with Crippen LogP contribution in [0.1, 0.15) is 25.7 Å². The molecule has 0 saturated heterocycles. The van der Waals surface area contributed by atoms with Crippen molar-refractivity contribution in [3.8, 4) is 0 Å². The first-order valence-corrected chi connectivity index (χ1v) is 10.6. The maximum absolute atomic E-state index is 12.7. The molecule has 1 aliphatic rings. The Hall–Kier alpha value is -3.95. The zero-order valence-corrected chi connectivity index (χ0v) is 17.3. The van der Waals surface area contributed by atoms with E-state index >= 15 is 0 Å². The summed E-state index contributed by atoms with van der Waals surface area (Å²) in [4.78, 5) is 41.6. The number of furan rings is 1. The maximum atomic E-state index is 12.7. The summed E-state index contributed by atoms with van der Waals surface area (Å²) in [5, 5.41) is 10.6. The number of carbonyl (C=O) groups is 2. The van der Waals surface area contributed by atoms with Crippen molar-refractivity contribution in [2.24, 2.45) is 0 Å². The second kappa shape index (κ2) is 8.29. The number of nitrogens with one attached hydrogen (secondary N) is 2. The van der Waals surface area contributed by atoms with Crippen LogP contribution in [-0.4, -0.2) is 37.2 Å². The number of rotatable bonds is 6. The lowest BCUT2D eigenvalue weighted by Gasteiger charge is -2.11. The molecule has 3 heterocycles. The molecule has 1 aliphatic carbocycles. The topological polar surface area (TPSA) is 124 Å². The predicted octanol–water partition coefficient (Wildman–Crippen LogP) is 2.04. The number of nitrogens with zero attached hydrogens (tertiary/aromatic N) is 4. The zero-order valence-electron chi connectivity index (χ0n) is 17.3. The van der Waals surface area contributed by atoms with E-state index in [1.165, 1.54) is 21.8 Å². The van der Waals surface area contributed by atoms with E-state index in [9.17, 15) is 14.4 Å². The highest BCUT2D eigenvalue weighted by molar-refractivity contribution is 6.01. The van der Waals surface area contributed by atoms with Crippen LogP contribution < -0.4 is 16.2 Å². The first-order valence-electron chi connectivity index (χ1n) is 10.6. The van der Waals surface area contributed by atoms with Crippen molar-refractivity contribution in [2.75, 3.05) is 5.32 Å². The first-order chi connectivity index (χ1) is 15.6.